The summed E-state index contributed by atoms with van der Waals surface area (Å²) in [6.45, 7) is 12.0. The van der Waals surface area contributed by atoms with Crippen molar-refractivity contribution in [3.05, 3.63) is 18.2 Å². The van der Waals surface area contributed by atoms with Gasteiger partial charge in [0.15, 0.2) is 0 Å². The summed E-state index contributed by atoms with van der Waals surface area (Å²) in [4.78, 5) is 16.2. The fourth-order valence-corrected chi connectivity index (χ4v) is 2.28. The summed E-state index contributed by atoms with van der Waals surface area (Å²) in [6, 6.07) is 0.212. The van der Waals surface area contributed by atoms with Gasteiger partial charge in [0.25, 0.3) is 0 Å². The molecule has 132 valence electrons. The minimum Gasteiger partial charge on any atom is -0.444 e. The molecule has 0 aliphatic carbocycles. The van der Waals surface area contributed by atoms with Gasteiger partial charge < -0.3 is 19.9 Å². The smallest absolute Gasteiger partial charge is 0.407 e. The van der Waals surface area contributed by atoms with E-state index in [2.05, 4.69) is 34.0 Å². The number of unbranched alkanes of at least 4 members (excludes halogenated alkanes) is 1. The van der Waals surface area contributed by atoms with E-state index in [4.69, 9.17) is 4.74 Å². The Kier molecular flexibility index (Phi) is 8.09. The van der Waals surface area contributed by atoms with E-state index < -0.39 is 5.60 Å². The van der Waals surface area contributed by atoms with E-state index in [1.54, 1.807) is 0 Å². The van der Waals surface area contributed by atoms with Gasteiger partial charge in [0.2, 0.25) is 0 Å². The van der Waals surface area contributed by atoms with Gasteiger partial charge in [0, 0.05) is 31.5 Å². The lowest BCUT2D eigenvalue weighted by Crippen LogP contribution is -2.42. The van der Waals surface area contributed by atoms with Crippen molar-refractivity contribution in [3.63, 3.8) is 0 Å². The zero-order valence-corrected chi connectivity index (χ0v) is 15.2. The molecule has 1 amide bonds. The van der Waals surface area contributed by atoms with Crippen LogP contribution in [-0.2, 0) is 17.8 Å². The summed E-state index contributed by atoms with van der Waals surface area (Å²) in [6.07, 6.45) is 6.71. The van der Waals surface area contributed by atoms with Crippen LogP contribution in [0, 0.1) is 0 Å². The van der Waals surface area contributed by atoms with Crippen LogP contribution in [0.2, 0.25) is 0 Å². The van der Waals surface area contributed by atoms with Crippen molar-refractivity contribution in [3.8, 4) is 0 Å². The average Bonchev–Trinajstić information content (AvgIpc) is 2.92. The van der Waals surface area contributed by atoms with Gasteiger partial charge in [0.05, 0.1) is 6.54 Å². The highest BCUT2D eigenvalue weighted by molar-refractivity contribution is 5.67. The van der Waals surface area contributed by atoms with Crippen LogP contribution in [-0.4, -0.2) is 33.8 Å². The Morgan fingerprint density at radius 1 is 1.39 bits per heavy atom. The molecule has 0 radical (unpaired) electrons. The topological polar surface area (TPSA) is 68.2 Å². The number of nitrogens with one attached hydrogen (secondary N) is 2. The molecule has 2 N–H and O–H groups in total. The van der Waals surface area contributed by atoms with E-state index >= 15 is 0 Å². The van der Waals surface area contributed by atoms with Crippen molar-refractivity contribution in [1.82, 2.24) is 20.2 Å². The maximum atomic E-state index is 11.8. The van der Waals surface area contributed by atoms with Gasteiger partial charge in [-0.3, -0.25) is 0 Å². The zero-order valence-electron chi connectivity index (χ0n) is 15.2. The Morgan fingerprint density at radius 3 is 2.74 bits per heavy atom. The lowest BCUT2D eigenvalue weighted by molar-refractivity contribution is 0.0521. The number of hydrogen-bond acceptors (Lipinski definition) is 4. The number of imidazole rings is 1. The number of ether oxygens (including phenoxy) is 1. The molecule has 0 aliphatic rings. The number of alkyl carbamates (subject to hydrolysis) is 1. The molecule has 0 aliphatic heterocycles. The van der Waals surface area contributed by atoms with Gasteiger partial charge in [-0.15, -0.1) is 0 Å². The molecule has 6 nitrogen and oxygen atoms in total. The maximum Gasteiger partial charge on any atom is 0.407 e. The lowest BCUT2D eigenvalue weighted by atomic mass is 10.1. The molecule has 1 atom stereocenters. The number of carbonyl (C=O) groups is 1. The number of aryl methyl sites for hydroxylation is 1. The van der Waals surface area contributed by atoms with Crippen LogP contribution in [0.15, 0.2) is 12.4 Å². The molecule has 0 spiro atoms. The van der Waals surface area contributed by atoms with Gasteiger partial charge in [-0.25, -0.2) is 9.78 Å². The molecule has 0 saturated carbocycles. The van der Waals surface area contributed by atoms with E-state index in [-0.39, 0.29) is 12.1 Å². The third-order valence-corrected chi connectivity index (χ3v) is 3.49. The largest absolute Gasteiger partial charge is 0.444 e. The number of rotatable bonds is 9. The van der Waals surface area contributed by atoms with Gasteiger partial charge in [-0.2, -0.15) is 0 Å². The third kappa shape index (κ3) is 8.02. The molecule has 1 rings (SSSR count). The second-order valence-corrected chi connectivity index (χ2v) is 6.73. The van der Waals surface area contributed by atoms with Crippen molar-refractivity contribution >= 4 is 6.09 Å². The maximum absolute atomic E-state index is 11.8. The van der Waals surface area contributed by atoms with Crippen LogP contribution in [0.25, 0.3) is 0 Å². The highest BCUT2D eigenvalue weighted by Crippen LogP contribution is 2.07. The van der Waals surface area contributed by atoms with Crippen molar-refractivity contribution in [2.45, 2.75) is 78.6 Å². The molecule has 1 aromatic heterocycles. The Morgan fingerprint density at radius 2 is 2.13 bits per heavy atom. The monoisotopic (exact) mass is 324 g/mol. The Labute approximate surface area is 140 Å². The predicted molar refractivity (Wildman–Crippen MR) is 92.3 cm³/mol. The number of nitrogens with zero attached hydrogens (tertiary/aromatic N) is 2. The van der Waals surface area contributed by atoms with Crippen molar-refractivity contribution in [2.24, 2.45) is 0 Å². The van der Waals surface area contributed by atoms with E-state index in [9.17, 15) is 4.79 Å². The molecular weight excluding hydrogens is 292 g/mol. The molecular formula is C17H32N4O2. The van der Waals surface area contributed by atoms with Gasteiger partial charge in [-0.1, -0.05) is 19.8 Å². The highest BCUT2D eigenvalue weighted by Gasteiger charge is 2.17. The van der Waals surface area contributed by atoms with Gasteiger partial charge in [0.1, 0.15) is 11.4 Å². The SMILES string of the molecule is CCCCC(CNC(=O)OC(C)(C)C)NCc1nccn1CC. The fourth-order valence-electron chi connectivity index (χ4n) is 2.28. The summed E-state index contributed by atoms with van der Waals surface area (Å²) < 4.78 is 7.40. The average molecular weight is 324 g/mol. The second-order valence-electron chi connectivity index (χ2n) is 6.73. The molecule has 6 heteroatoms. The molecule has 0 aromatic carbocycles. The number of carbonyl (C=O) groups excluding carboxylic acids is 1. The second kappa shape index (κ2) is 9.55. The first kappa shape index (κ1) is 19.5. The van der Waals surface area contributed by atoms with Crippen molar-refractivity contribution in [1.29, 1.82) is 0 Å². The Bertz CT molecular complexity index is 465. The van der Waals surface area contributed by atoms with Crippen molar-refractivity contribution < 1.29 is 9.53 Å². The molecule has 0 bridgehead atoms. The minimum atomic E-state index is -0.470. The Hall–Kier alpha value is -1.56. The highest BCUT2D eigenvalue weighted by atomic mass is 16.6. The standard InChI is InChI=1S/C17H32N4O2/c1-6-8-9-14(12-20-16(22)23-17(3,4)5)19-13-15-18-10-11-21(15)7-2/h10-11,14,19H,6-9,12-13H2,1-5H3,(H,20,22). The van der Waals surface area contributed by atoms with Gasteiger partial charge in [-0.05, 0) is 34.1 Å². The lowest BCUT2D eigenvalue weighted by Gasteiger charge is -2.22. The normalized spacial score (nSPS) is 12.9. The summed E-state index contributed by atoms with van der Waals surface area (Å²) in [5.74, 6) is 1.02. The quantitative estimate of drug-likeness (QED) is 0.732. The van der Waals surface area contributed by atoms with Crippen LogP contribution in [0.4, 0.5) is 4.79 Å². The van der Waals surface area contributed by atoms with E-state index in [1.165, 1.54) is 0 Å². The number of aromatic nitrogens is 2. The third-order valence-electron chi connectivity index (χ3n) is 3.49. The number of amides is 1. The summed E-state index contributed by atoms with van der Waals surface area (Å²) in [7, 11) is 0. The van der Waals surface area contributed by atoms with Crippen molar-refractivity contribution in [2.75, 3.05) is 6.54 Å². The summed E-state index contributed by atoms with van der Waals surface area (Å²) in [5.41, 5.74) is -0.470. The first-order valence-electron chi connectivity index (χ1n) is 8.56. The molecule has 1 unspecified atom stereocenters. The van der Waals surface area contributed by atoms with Gasteiger partial charge >= 0.3 is 6.09 Å². The van der Waals surface area contributed by atoms with E-state index in [1.807, 2.05) is 33.2 Å². The first-order chi connectivity index (χ1) is 10.9. The first-order valence-corrected chi connectivity index (χ1v) is 8.56. The molecule has 23 heavy (non-hydrogen) atoms. The number of hydrogen-bond donors (Lipinski definition) is 2. The van der Waals surface area contributed by atoms with E-state index in [0.717, 1.165) is 31.6 Å². The zero-order chi connectivity index (χ0) is 17.3. The summed E-state index contributed by atoms with van der Waals surface area (Å²) in [5, 5.41) is 6.35. The van der Waals surface area contributed by atoms with Crippen LogP contribution in [0.3, 0.4) is 0 Å². The molecule has 0 saturated heterocycles. The molecule has 0 fully saturated rings. The van der Waals surface area contributed by atoms with Crippen LogP contribution in [0.5, 0.6) is 0 Å². The predicted octanol–water partition coefficient (Wildman–Crippen LogP) is 3.08. The summed E-state index contributed by atoms with van der Waals surface area (Å²) >= 11 is 0. The van der Waals surface area contributed by atoms with Crippen LogP contribution in [0.1, 0.15) is 59.7 Å². The van der Waals surface area contributed by atoms with E-state index in [0.29, 0.717) is 13.1 Å². The van der Waals surface area contributed by atoms with Crippen LogP contribution < -0.4 is 10.6 Å². The molecule has 1 heterocycles. The molecule has 1 aromatic rings. The van der Waals surface area contributed by atoms with Crippen LogP contribution >= 0.6 is 0 Å². The Balaban J connectivity index is 2.47. The fraction of sp³-hybridized carbons (Fsp3) is 0.765. The minimum absolute atomic E-state index is 0.212.